The van der Waals surface area contributed by atoms with Gasteiger partial charge < -0.3 is 5.32 Å². The first-order chi connectivity index (χ1) is 11.9. The van der Waals surface area contributed by atoms with Gasteiger partial charge in [0.15, 0.2) is 6.04 Å². The summed E-state index contributed by atoms with van der Waals surface area (Å²) < 4.78 is 40.0. The van der Waals surface area contributed by atoms with Gasteiger partial charge in [0.05, 0.1) is 6.42 Å². The average molecular weight is 343 g/mol. The van der Waals surface area contributed by atoms with Crippen LogP contribution in [0.5, 0.6) is 0 Å². The van der Waals surface area contributed by atoms with E-state index in [9.17, 15) is 18.0 Å². The third-order valence-corrected chi connectivity index (χ3v) is 4.00. The topological polar surface area (TPSA) is 29.1 Å². The van der Waals surface area contributed by atoms with E-state index < -0.39 is 18.1 Å². The zero-order valence-electron chi connectivity index (χ0n) is 13.3. The number of carbonyl (C=O) groups is 1. The fourth-order valence-corrected chi connectivity index (χ4v) is 2.83. The van der Waals surface area contributed by atoms with E-state index in [0.29, 0.717) is 5.56 Å². The quantitative estimate of drug-likeness (QED) is 0.724. The molecule has 0 radical (unpaired) electrons. The van der Waals surface area contributed by atoms with E-state index in [1.54, 1.807) is 18.2 Å². The van der Waals surface area contributed by atoms with Crippen LogP contribution in [0.15, 0.2) is 72.8 Å². The number of rotatable bonds is 4. The van der Waals surface area contributed by atoms with Gasteiger partial charge in [-0.05, 0) is 21.9 Å². The third-order valence-electron chi connectivity index (χ3n) is 4.00. The van der Waals surface area contributed by atoms with Crippen molar-refractivity contribution < 1.29 is 18.0 Å². The summed E-state index contributed by atoms with van der Waals surface area (Å²) in [5.41, 5.74) is 0.714. The maximum atomic E-state index is 13.3. The highest BCUT2D eigenvalue weighted by molar-refractivity contribution is 5.90. The molecule has 0 aliphatic rings. The van der Waals surface area contributed by atoms with Gasteiger partial charge in [0.1, 0.15) is 0 Å². The summed E-state index contributed by atoms with van der Waals surface area (Å²) in [6.07, 6.45) is -4.67. The third kappa shape index (κ3) is 3.99. The Labute approximate surface area is 143 Å². The molecule has 0 saturated carbocycles. The van der Waals surface area contributed by atoms with E-state index in [1.165, 1.54) is 24.3 Å². The zero-order valence-corrected chi connectivity index (χ0v) is 13.3. The minimum absolute atomic E-state index is 0.0151. The number of carbonyl (C=O) groups excluding carboxylic acids is 1. The van der Waals surface area contributed by atoms with Crippen molar-refractivity contribution in [3.8, 4) is 0 Å². The number of amides is 1. The van der Waals surface area contributed by atoms with Crippen molar-refractivity contribution in [1.29, 1.82) is 0 Å². The van der Waals surface area contributed by atoms with Crippen LogP contribution in [0.25, 0.3) is 10.8 Å². The molecule has 1 N–H and O–H groups in total. The highest BCUT2D eigenvalue weighted by atomic mass is 19.4. The van der Waals surface area contributed by atoms with Crippen molar-refractivity contribution >= 4 is 16.7 Å². The molecule has 0 aliphatic heterocycles. The standard InChI is InChI=1S/C20H16F3NO/c21-20(22,23)19(15-8-2-1-3-9-15)24-18(25)13-16-11-6-10-14-7-4-5-12-17(14)16/h1-12,19H,13H2,(H,24,25)/t19-/m0/s1. The first-order valence-electron chi connectivity index (χ1n) is 7.83. The fourth-order valence-electron chi connectivity index (χ4n) is 2.83. The van der Waals surface area contributed by atoms with Gasteiger partial charge in [0, 0.05) is 0 Å². The molecule has 0 aromatic heterocycles. The molecular formula is C20H16F3NO. The van der Waals surface area contributed by atoms with Gasteiger partial charge >= 0.3 is 6.18 Å². The highest BCUT2D eigenvalue weighted by Crippen LogP contribution is 2.32. The van der Waals surface area contributed by atoms with E-state index in [-0.39, 0.29) is 12.0 Å². The Balaban J connectivity index is 1.82. The Hall–Kier alpha value is -2.82. The average Bonchev–Trinajstić information content (AvgIpc) is 2.60. The van der Waals surface area contributed by atoms with E-state index in [2.05, 4.69) is 5.32 Å². The molecule has 0 aliphatic carbocycles. The van der Waals surface area contributed by atoms with Gasteiger partial charge in [-0.25, -0.2) is 0 Å². The number of alkyl halides is 3. The van der Waals surface area contributed by atoms with Crippen LogP contribution in [-0.2, 0) is 11.2 Å². The molecule has 0 bridgehead atoms. The Morgan fingerprint density at radius 2 is 1.52 bits per heavy atom. The summed E-state index contributed by atoms with van der Waals surface area (Å²) in [4.78, 5) is 12.3. The maximum Gasteiger partial charge on any atom is 0.412 e. The lowest BCUT2D eigenvalue weighted by atomic mass is 10.0. The van der Waals surface area contributed by atoms with Crippen LogP contribution in [0.3, 0.4) is 0 Å². The van der Waals surface area contributed by atoms with Crippen molar-refractivity contribution in [3.05, 3.63) is 83.9 Å². The minimum Gasteiger partial charge on any atom is -0.341 e. The SMILES string of the molecule is O=C(Cc1cccc2ccccc12)N[C@@H](c1ccccc1)C(F)(F)F. The van der Waals surface area contributed by atoms with Gasteiger partial charge in [-0.3, -0.25) is 4.79 Å². The molecule has 0 spiro atoms. The van der Waals surface area contributed by atoms with E-state index in [4.69, 9.17) is 0 Å². The van der Waals surface area contributed by atoms with E-state index in [1.807, 2.05) is 30.3 Å². The molecule has 0 fully saturated rings. The molecule has 1 atom stereocenters. The smallest absolute Gasteiger partial charge is 0.341 e. The van der Waals surface area contributed by atoms with Crippen molar-refractivity contribution in [2.24, 2.45) is 0 Å². The summed E-state index contributed by atoms with van der Waals surface area (Å²) in [5, 5.41) is 3.93. The molecule has 3 aromatic carbocycles. The van der Waals surface area contributed by atoms with Crippen LogP contribution >= 0.6 is 0 Å². The number of benzene rings is 3. The molecule has 0 saturated heterocycles. The monoisotopic (exact) mass is 343 g/mol. The van der Waals surface area contributed by atoms with Gasteiger partial charge in [0.25, 0.3) is 0 Å². The minimum atomic E-state index is -4.56. The molecule has 3 aromatic rings. The molecule has 25 heavy (non-hydrogen) atoms. The second-order valence-corrected chi connectivity index (χ2v) is 5.77. The first kappa shape index (κ1) is 17.0. The van der Waals surface area contributed by atoms with Crippen LogP contribution in [-0.4, -0.2) is 12.1 Å². The van der Waals surface area contributed by atoms with Gasteiger partial charge in [-0.15, -0.1) is 0 Å². The number of hydrogen-bond acceptors (Lipinski definition) is 1. The largest absolute Gasteiger partial charge is 0.412 e. The van der Waals surface area contributed by atoms with Crippen LogP contribution < -0.4 is 5.32 Å². The Morgan fingerprint density at radius 3 is 2.24 bits per heavy atom. The van der Waals surface area contributed by atoms with Crippen LogP contribution in [0.1, 0.15) is 17.2 Å². The van der Waals surface area contributed by atoms with Crippen LogP contribution in [0.2, 0.25) is 0 Å². The number of nitrogens with one attached hydrogen (secondary N) is 1. The molecule has 0 heterocycles. The first-order valence-corrected chi connectivity index (χ1v) is 7.83. The lowest BCUT2D eigenvalue weighted by Crippen LogP contribution is -2.38. The molecule has 1 amide bonds. The van der Waals surface area contributed by atoms with Crippen molar-refractivity contribution in [1.82, 2.24) is 5.32 Å². The Morgan fingerprint density at radius 1 is 0.880 bits per heavy atom. The normalized spacial score (nSPS) is 12.8. The van der Waals surface area contributed by atoms with Crippen LogP contribution in [0.4, 0.5) is 13.2 Å². The molecular weight excluding hydrogens is 327 g/mol. The van der Waals surface area contributed by atoms with Crippen LogP contribution in [0, 0.1) is 0 Å². The van der Waals surface area contributed by atoms with Gasteiger partial charge in [-0.1, -0.05) is 72.8 Å². The molecule has 3 rings (SSSR count). The predicted octanol–water partition coefficient (Wildman–Crippen LogP) is 4.80. The Kier molecular flexibility index (Phi) is 4.74. The molecule has 2 nitrogen and oxygen atoms in total. The van der Waals surface area contributed by atoms with E-state index >= 15 is 0 Å². The van der Waals surface area contributed by atoms with Crippen molar-refractivity contribution in [2.75, 3.05) is 0 Å². The summed E-state index contributed by atoms with van der Waals surface area (Å²) in [6.45, 7) is 0. The van der Waals surface area contributed by atoms with Crippen molar-refractivity contribution in [3.63, 3.8) is 0 Å². The van der Waals surface area contributed by atoms with Gasteiger partial charge in [0.2, 0.25) is 5.91 Å². The predicted molar refractivity (Wildman–Crippen MR) is 91.0 cm³/mol. The summed E-state index contributed by atoms with van der Waals surface area (Å²) in [5.74, 6) is -0.664. The second kappa shape index (κ2) is 6.97. The highest BCUT2D eigenvalue weighted by Gasteiger charge is 2.41. The second-order valence-electron chi connectivity index (χ2n) is 5.77. The molecule has 128 valence electrons. The Bertz CT molecular complexity index is 869. The lowest BCUT2D eigenvalue weighted by Gasteiger charge is -2.22. The fraction of sp³-hybridized carbons (Fsp3) is 0.150. The van der Waals surface area contributed by atoms with E-state index in [0.717, 1.165) is 10.8 Å². The number of hydrogen-bond donors (Lipinski definition) is 1. The summed E-state index contributed by atoms with van der Waals surface area (Å²) >= 11 is 0. The summed E-state index contributed by atoms with van der Waals surface area (Å²) in [6, 6.07) is 18.3. The number of fused-ring (bicyclic) bond motifs is 1. The maximum absolute atomic E-state index is 13.3. The number of halogens is 3. The molecule has 5 heteroatoms. The molecule has 0 unspecified atom stereocenters. The van der Waals surface area contributed by atoms with Gasteiger partial charge in [-0.2, -0.15) is 13.2 Å². The zero-order chi connectivity index (χ0) is 17.9. The van der Waals surface area contributed by atoms with Crippen molar-refractivity contribution in [2.45, 2.75) is 18.6 Å². The lowest BCUT2D eigenvalue weighted by molar-refractivity contribution is -0.163. The summed E-state index contributed by atoms with van der Waals surface area (Å²) in [7, 11) is 0.